The zero-order valence-corrected chi connectivity index (χ0v) is 14.5. The highest BCUT2D eigenvalue weighted by atomic mass is 79.9. The first kappa shape index (κ1) is 14.3. The summed E-state index contributed by atoms with van der Waals surface area (Å²) in [5, 5.41) is 8.33. The molecule has 9 heteroatoms. The van der Waals surface area contributed by atoms with Crippen molar-refractivity contribution < 1.29 is 0 Å². The second-order valence-electron chi connectivity index (χ2n) is 4.99. The van der Waals surface area contributed by atoms with Crippen molar-refractivity contribution in [3.8, 4) is 0 Å². The largest absolute Gasteiger partial charge is 0.328 e. The van der Waals surface area contributed by atoms with Gasteiger partial charge in [-0.15, -0.1) is 0 Å². The van der Waals surface area contributed by atoms with Crippen molar-refractivity contribution in [3.63, 3.8) is 0 Å². The van der Waals surface area contributed by atoms with E-state index in [4.69, 9.17) is 0 Å². The Bertz CT molecular complexity index is 940. The molecule has 0 aromatic carbocycles. The van der Waals surface area contributed by atoms with Crippen LogP contribution in [0.1, 0.15) is 11.4 Å². The van der Waals surface area contributed by atoms with E-state index >= 15 is 0 Å². The molecule has 3 aromatic heterocycles. The molecule has 116 valence electrons. The summed E-state index contributed by atoms with van der Waals surface area (Å²) in [5.41, 5.74) is 6.63. The summed E-state index contributed by atoms with van der Waals surface area (Å²) in [6.07, 6.45) is 7.60. The average Bonchev–Trinajstić information content (AvgIpc) is 3.14. The number of aromatic nitrogens is 4. The molecule has 23 heavy (non-hydrogen) atoms. The SMILES string of the molecule is Cc1cc(Nc2nc(Br)cn3c(C4=CCNN=C4)cnc23)sn1. The van der Waals surface area contributed by atoms with Crippen molar-refractivity contribution in [2.75, 3.05) is 11.9 Å². The van der Waals surface area contributed by atoms with Crippen molar-refractivity contribution in [2.45, 2.75) is 6.92 Å². The van der Waals surface area contributed by atoms with E-state index in [1.165, 1.54) is 11.5 Å². The summed E-state index contributed by atoms with van der Waals surface area (Å²) in [7, 11) is 0. The Morgan fingerprint density at radius 3 is 3.09 bits per heavy atom. The summed E-state index contributed by atoms with van der Waals surface area (Å²) in [5.74, 6) is 0.681. The van der Waals surface area contributed by atoms with Gasteiger partial charge in [0.15, 0.2) is 11.5 Å². The topological polar surface area (TPSA) is 79.5 Å². The number of allylic oxidation sites excluding steroid dienone is 1. The normalized spacial score (nSPS) is 13.9. The minimum atomic E-state index is 0.681. The lowest BCUT2D eigenvalue weighted by Gasteiger charge is -2.09. The van der Waals surface area contributed by atoms with E-state index in [2.05, 4.69) is 52.2 Å². The van der Waals surface area contributed by atoms with Crippen LogP contribution in [-0.4, -0.2) is 31.5 Å². The lowest BCUT2D eigenvalue weighted by Crippen LogP contribution is -2.11. The fourth-order valence-corrected chi connectivity index (χ4v) is 3.39. The number of nitrogens with one attached hydrogen (secondary N) is 2. The van der Waals surface area contributed by atoms with Crippen LogP contribution in [0, 0.1) is 6.92 Å². The Morgan fingerprint density at radius 2 is 2.35 bits per heavy atom. The van der Waals surface area contributed by atoms with E-state index in [1.807, 2.05) is 29.8 Å². The third-order valence-corrected chi connectivity index (χ3v) is 4.51. The number of imidazole rings is 1. The Morgan fingerprint density at radius 1 is 1.43 bits per heavy atom. The average molecular weight is 390 g/mol. The van der Waals surface area contributed by atoms with Gasteiger partial charge < -0.3 is 10.7 Å². The molecule has 0 bridgehead atoms. The fourth-order valence-electron chi connectivity index (χ4n) is 2.34. The number of halogens is 1. The first-order valence-electron chi connectivity index (χ1n) is 6.91. The maximum absolute atomic E-state index is 4.52. The van der Waals surface area contributed by atoms with Crippen molar-refractivity contribution >= 4 is 55.7 Å². The van der Waals surface area contributed by atoms with E-state index < -0.39 is 0 Å². The molecule has 4 rings (SSSR count). The van der Waals surface area contributed by atoms with Crippen LogP contribution in [0.4, 0.5) is 10.8 Å². The van der Waals surface area contributed by atoms with E-state index in [1.54, 1.807) is 6.21 Å². The second-order valence-corrected chi connectivity index (χ2v) is 6.60. The standard InChI is InChI=1S/C14H12BrN7S/c1-8-4-12(23-21-8)20-13-14-16-6-10(9-2-3-17-18-5-9)22(14)7-11(15)19-13/h2,4-7,17H,3H2,1H3,(H,19,20). The van der Waals surface area contributed by atoms with Gasteiger partial charge in [0.25, 0.3) is 0 Å². The molecule has 0 fully saturated rings. The number of hydrogen-bond acceptors (Lipinski definition) is 7. The first-order valence-corrected chi connectivity index (χ1v) is 8.48. The van der Waals surface area contributed by atoms with E-state index in [0.717, 1.165) is 32.2 Å². The molecular formula is C14H12BrN7S. The summed E-state index contributed by atoms with van der Waals surface area (Å²) >= 11 is 4.87. The summed E-state index contributed by atoms with van der Waals surface area (Å²) in [4.78, 5) is 9.02. The molecule has 1 aliphatic rings. The lowest BCUT2D eigenvalue weighted by atomic mass is 10.2. The van der Waals surface area contributed by atoms with Gasteiger partial charge in [0, 0.05) is 11.8 Å². The number of aryl methyl sites for hydroxylation is 1. The number of hydrazone groups is 1. The molecule has 0 amide bonds. The number of rotatable bonds is 3. The highest BCUT2D eigenvalue weighted by molar-refractivity contribution is 9.10. The molecule has 0 saturated heterocycles. The summed E-state index contributed by atoms with van der Waals surface area (Å²) in [6, 6.07) is 1.98. The van der Waals surface area contributed by atoms with Gasteiger partial charge in [-0.1, -0.05) is 6.08 Å². The highest BCUT2D eigenvalue weighted by Crippen LogP contribution is 2.27. The molecular weight excluding hydrogens is 378 g/mol. The van der Waals surface area contributed by atoms with Gasteiger partial charge in [-0.25, -0.2) is 9.97 Å². The summed E-state index contributed by atoms with van der Waals surface area (Å²) in [6.45, 7) is 2.67. The Hall–Kier alpha value is -2.26. The van der Waals surface area contributed by atoms with Gasteiger partial charge in [-0.05, 0) is 40.5 Å². The number of fused-ring (bicyclic) bond motifs is 1. The number of nitrogens with zero attached hydrogens (tertiary/aromatic N) is 5. The molecule has 0 atom stereocenters. The van der Waals surface area contributed by atoms with E-state index in [0.29, 0.717) is 12.4 Å². The number of hydrogen-bond donors (Lipinski definition) is 2. The molecule has 0 unspecified atom stereocenters. The Balaban J connectivity index is 1.81. The molecule has 1 aliphatic heterocycles. The van der Waals surface area contributed by atoms with Crippen LogP contribution in [0.5, 0.6) is 0 Å². The van der Waals surface area contributed by atoms with Gasteiger partial charge >= 0.3 is 0 Å². The van der Waals surface area contributed by atoms with Crippen LogP contribution in [0.25, 0.3) is 11.2 Å². The third-order valence-electron chi connectivity index (χ3n) is 3.34. The molecule has 0 aliphatic carbocycles. The molecule has 7 nitrogen and oxygen atoms in total. The maximum atomic E-state index is 4.52. The Labute approximate surface area is 144 Å². The van der Waals surface area contributed by atoms with Crippen molar-refractivity contribution in [2.24, 2.45) is 5.10 Å². The van der Waals surface area contributed by atoms with Gasteiger partial charge in [0.2, 0.25) is 0 Å². The van der Waals surface area contributed by atoms with Crippen molar-refractivity contribution in [3.05, 3.63) is 40.5 Å². The van der Waals surface area contributed by atoms with Crippen molar-refractivity contribution in [1.29, 1.82) is 0 Å². The monoisotopic (exact) mass is 389 g/mol. The van der Waals surface area contributed by atoms with E-state index in [-0.39, 0.29) is 0 Å². The van der Waals surface area contributed by atoms with Gasteiger partial charge in [-0.3, -0.25) is 4.40 Å². The minimum absolute atomic E-state index is 0.681. The predicted octanol–water partition coefficient (Wildman–Crippen LogP) is 2.97. The fraction of sp³-hybridized carbons (Fsp3) is 0.143. The molecule has 0 saturated carbocycles. The van der Waals surface area contributed by atoms with Gasteiger partial charge in [0.05, 0.1) is 30.3 Å². The zero-order chi connectivity index (χ0) is 15.8. The van der Waals surface area contributed by atoms with Crippen LogP contribution in [0.15, 0.2) is 34.2 Å². The predicted molar refractivity (Wildman–Crippen MR) is 95.3 cm³/mol. The van der Waals surface area contributed by atoms with Crippen LogP contribution in [0.2, 0.25) is 0 Å². The third kappa shape index (κ3) is 2.73. The van der Waals surface area contributed by atoms with Crippen LogP contribution >= 0.6 is 27.5 Å². The van der Waals surface area contributed by atoms with Crippen LogP contribution in [0.3, 0.4) is 0 Å². The van der Waals surface area contributed by atoms with Gasteiger partial charge in [0.1, 0.15) is 9.60 Å². The quantitative estimate of drug-likeness (QED) is 0.719. The van der Waals surface area contributed by atoms with Crippen LogP contribution < -0.4 is 10.7 Å². The van der Waals surface area contributed by atoms with Gasteiger partial charge in [-0.2, -0.15) is 9.47 Å². The second kappa shape index (κ2) is 5.74. The first-order chi connectivity index (χ1) is 11.2. The molecule has 0 spiro atoms. The summed E-state index contributed by atoms with van der Waals surface area (Å²) < 4.78 is 6.99. The maximum Gasteiger partial charge on any atom is 0.181 e. The molecule has 2 N–H and O–H groups in total. The smallest absolute Gasteiger partial charge is 0.181 e. The lowest BCUT2D eigenvalue weighted by molar-refractivity contribution is 0.824. The highest BCUT2D eigenvalue weighted by Gasteiger charge is 2.14. The Kier molecular flexibility index (Phi) is 3.58. The molecule has 4 heterocycles. The molecule has 3 aromatic rings. The van der Waals surface area contributed by atoms with Crippen LogP contribution in [-0.2, 0) is 0 Å². The van der Waals surface area contributed by atoms with Crippen molar-refractivity contribution in [1.82, 2.24) is 24.2 Å². The van der Waals surface area contributed by atoms with E-state index in [9.17, 15) is 0 Å². The molecule has 0 radical (unpaired) electrons. The number of anilines is 2. The zero-order valence-electron chi connectivity index (χ0n) is 12.1. The minimum Gasteiger partial charge on any atom is -0.328 e.